The molecule has 0 saturated carbocycles. The van der Waals surface area contributed by atoms with E-state index in [0.29, 0.717) is 11.5 Å². The molecular formula is C14H20N2O2. The highest BCUT2D eigenvalue weighted by Crippen LogP contribution is 2.14. The van der Waals surface area contributed by atoms with E-state index >= 15 is 0 Å². The molecule has 1 saturated heterocycles. The first-order chi connectivity index (χ1) is 8.66. The third kappa shape index (κ3) is 3.23. The quantitative estimate of drug-likeness (QED) is 0.851. The Hall–Kier alpha value is -1.55. The van der Waals surface area contributed by atoms with Crippen LogP contribution in [0.15, 0.2) is 24.3 Å². The largest absolute Gasteiger partial charge is 0.508 e. The highest BCUT2D eigenvalue weighted by atomic mass is 16.3. The molecular weight excluding hydrogens is 228 g/mol. The van der Waals surface area contributed by atoms with E-state index in [9.17, 15) is 9.90 Å². The van der Waals surface area contributed by atoms with Crippen LogP contribution < -0.4 is 5.32 Å². The highest BCUT2D eigenvalue weighted by molar-refractivity contribution is 5.94. The third-order valence-electron chi connectivity index (χ3n) is 3.39. The van der Waals surface area contributed by atoms with Crippen LogP contribution in [0.2, 0.25) is 0 Å². The fraction of sp³-hybridized carbons (Fsp3) is 0.500. The van der Waals surface area contributed by atoms with Gasteiger partial charge in [0.05, 0.1) is 0 Å². The van der Waals surface area contributed by atoms with Crippen molar-refractivity contribution in [3.63, 3.8) is 0 Å². The topological polar surface area (TPSA) is 52.6 Å². The SMILES string of the molecule is CN(CC1CCCNC1)C(=O)c1ccc(O)cc1. The molecule has 1 aliphatic heterocycles. The minimum Gasteiger partial charge on any atom is -0.508 e. The van der Waals surface area contributed by atoms with Crippen molar-refractivity contribution in [2.24, 2.45) is 5.92 Å². The number of carbonyl (C=O) groups is 1. The monoisotopic (exact) mass is 248 g/mol. The van der Waals surface area contributed by atoms with Gasteiger partial charge < -0.3 is 15.3 Å². The maximum absolute atomic E-state index is 12.2. The predicted molar refractivity (Wildman–Crippen MR) is 70.7 cm³/mol. The lowest BCUT2D eigenvalue weighted by atomic mass is 9.99. The molecule has 0 aliphatic carbocycles. The summed E-state index contributed by atoms with van der Waals surface area (Å²) in [6.45, 7) is 2.87. The normalized spacial score (nSPS) is 19.5. The Balaban J connectivity index is 1.93. The van der Waals surface area contributed by atoms with Crippen LogP contribution in [0.4, 0.5) is 0 Å². The van der Waals surface area contributed by atoms with Crippen LogP contribution >= 0.6 is 0 Å². The van der Waals surface area contributed by atoms with Crippen LogP contribution in [-0.2, 0) is 0 Å². The van der Waals surface area contributed by atoms with Gasteiger partial charge in [0.1, 0.15) is 5.75 Å². The van der Waals surface area contributed by atoms with Crippen molar-refractivity contribution in [2.75, 3.05) is 26.7 Å². The molecule has 1 aromatic rings. The Morgan fingerprint density at radius 2 is 2.17 bits per heavy atom. The first-order valence-corrected chi connectivity index (χ1v) is 6.42. The summed E-state index contributed by atoms with van der Waals surface area (Å²) in [7, 11) is 1.84. The molecule has 1 aliphatic rings. The van der Waals surface area contributed by atoms with E-state index in [1.807, 2.05) is 7.05 Å². The molecule has 98 valence electrons. The van der Waals surface area contributed by atoms with Gasteiger partial charge in [-0.2, -0.15) is 0 Å². The number of nitrogens with one attached hydrogen (secondary N) is 1. The number of piperidine rings is 1. The van der Waals surface area contributed by atoms with E-state index in [1.54, 1.807) is 29.2 Å². The summed E-state index contributed by atoms with van der Waals surface area (Å²) in [4.78, 5) is 13.9. The summed E-state index contributed by atoms with van der Waals surface area (Å²) in [5.41, 5.74) is 0.624. The number of hydrogen-bond donors (Lipinski definition) is 2. The molecule has 0 radical (unpaired) electrons. The van der Waals surface area contributed by atoms with Crippen molar-refractivity contribution in [3.05, 3.63) is 29.8 Å². The molecule has 4 heteroatoms. The van der Waals surface area contributed by atoms with E-state index in [2.05, 4.69) is 5.32 Å². The number of phenolic OH excluding ortho intramolecular Hbond substituents is 1. The van der Waals surface area contributed by atoms with Gasteiger partial charge >= 0.3 is 0 Å². The number of phenols is 1. The molecule has 1 amide bonds. The molecule has 1 unspecified atom stereocenters. The lowest BCUT2D eigenvalue weighted by Crippen LogP contribution is -2.39. The minimum absolute atomic E-state index is 0.0144. The van der Waals surface area contributed by atoms with Crippen LogP contribution in [-0.4, -0.2) is 42.6 Å². The fourth-order valence-electron chi connectivity index (χ4n) is 2.37. The van der Waals surface area contributed by atoms with Crippen LogP contribution in [0.25, 0.3) is 0 Å². The maximum Gasteiger partial charge on any atom is 0.253 e. The Morgan fingerprint density at radius 1 is 1.44 bits per heavy atom. The number of rotatable bonds is 3. The second-order valence-corrected chi connectivity index (χ2v) is 4.94. The van der Waals surface area contributed by atoms with Crippen LogP contribution in [0.1, 0.15) is 23.2 Å². The Kier molecular flexibility index (Phi) is 4.20. The average Bonchev–Trinajstić information content (AvgIpc) is 2.40. The van der Waals surface area contributed by atoms with Gasteiger partial charge in [-0.25, -0.2) is 0 Å². The van der Waals surface area contributed by atoms with Gasteiger partial charge in [0.2, 0.25) is 0 Å². The lowest BCUT2D eigenvalue weighted by molar-refractivity contribution is 0.0764. The predicted octanol–water partition coefficient (Wildman–Crippen LogP) is 1.46. The van der Waals surface area contributed by atoms with Crippen LogP contribution in [0.5, 0.6) is 5.75 Å². The number of carbonyl (C=O) groups excluding carboxylic acids is 1. The first kappa shape index (κ1) is 12.9. The van der Waals surface area contributed by atoms with Gasteiger partial charge in [0.25, 0.3) is 5.91 Å². The fourth-order valence-corrected chi connectivity index (χ4v) is 2.37. The van der Waals surface area contributed by atoms with Gasteiger partial charge in [0.15, 0.2) is 0 Å². The summed E-state index contributed by atoms with van der Waals surface area (Å²) in [6, 6.07) is 6.41. The van der Waals surface area contributed by atoms with Gasteiger partial charge in [-0.1, -0.05) is 0 Å². The van der Waals surface area contributed by atoms with E-state index in [0.717, 1.165) is 19.6 Å². The number of aromatic hydroxyl groups is 1. The number of hydrogen-bond acceptors (Lipinski definition) is 3. The summed E-state index contributed by atoms with van der Waals surface area (Å²) in [6.07, 6.45) is 2.37. The molecule has 18 heavy (non-hydrogen) atoms. The molecule has 2 rings (SSSR count). The first-order valence-electron chi connectivity index (χ1n) is 6.42. The van der Waals surface area contributed by atoms with E-state index in [4.69, 9.17) is 0 Å². The molecule has 0 spiro atoms. The summed E-state index contributed by atoms with van der Waals surface area (Å²) in [5, 5.41) is 12.6. The summed E-state index contributed by atoms with van der Waals surface area (Å²) < 4.78 is 0. The number of benzene rings is 1. The zero-order chi connectivity index (χ0) is 13.0. The van der Waals surface area contributed by atoms with Crippen LogP contribution in [0.3, 0.4) is 0 Å². The lowest BCUT2D eigenvalue weighted by Gasteiger charge is -2.27. The molecule has 1 fully saturated rings. The van der Waals surface area contributed by atoms with Crippen molar-refractivity contribution in [3.8, 4) is 5.75 Å². The second-order valence-electron chi connectivity index (χ2n) is 4.94. The van der Waals surface area contributed by atoms with Crippen molar-refractivity contribution >= 4 is 5.91 Å². The molecule has 1 atom stereocenters. The number of amides is 1. The van der Waals surface area contributed by atoms with Crippen LogP contribution in [0, 0.1) is 5.92 Å². The molecule has 0 bridgehead atoms. The number of nitrogens with zero attached hydrogens (tertiary/aromatic N) is 1. The Labute approximate surface area is 108 Å². The standard InChI is InChI=1S/C14H20N2O2/c1-16(10-11-3-2-8-15-9-11)14(18)12-4-6-13(17)7-5-12/h4-7,11,15,17H,2-3,8-10H2,1H3. The Bertz CT molecular complexity index is 397. The van der Waals surface area contributed by atoms with Crippen molar-refractivity contribution in [1.29, 1.82) is 0 Å². The minimum atomic E-state index is 0.0144. The Morgan fingerprint density at radius 3 is 2.78 bits per heavy atom. The molecule has 1 heterocycles. The smallest absolute Gasteiger partial charge is 0.253 e. The summed E-state index contributed by atoms with van der Waals surface area (Å²) in [5.74, 6) is 0.746. The average molecular weight is 248 g/mol. The zero-order valence-corrected chi connectivity index (χ0v) is 10.7. The zero-order valence-electron chi connectivity index (χ0n) is 10.7. The maximum atomic E-state index is 12.2. The van der Waals surface area contributed by atoms with Gasteiger partial charge in [-0.15, -0.1) is 0 Å². The molecule has 1 aromatic carbocycles. The van der Waals surface area contributed by atoms with Gasteiger partial charge in [0, 0.05) is 19.2 Å². The summed E-state index contributed by atoms with van der Waals surface area (Å²) >= 11 is 0. The van der Waals surface area contributed by atoms with E-state index in [1.165, 1.54) is 12.8 Å². The molecule has 2 N–H and O–H groups in total. The van der Waals surface area contributed by atoms with Crippen molar-refractivity contribution in [1.82, 2.24) is 10.2 Å². The second kappa shape index (κ2) is 5.87. The third-order valence-corrected chi connectivity index (χ3v) is 3.39. The molecule has 0 aromatic heterocycles. The van der Waals surface area contributed by atoms with Gasteiger partial charge in [-0.3, -0.25) is 4.79 Å². The van der Waals surface area contributed by atoms with Gasteiger partial charge in [-0.05, 0) is 56.1 Å². The van der Waals surface area contributed by atoms with E-state index < -0.39 is 0 Å². The molecule has 4 nitrogen and oxygen atoms in total. The van der Waals surface area contributed by atoms with Crippen molar-refractivity contribution in [2.45, 2.75) is 12.8 Å². The highest BCUT2D eigenvalue weighted by Gasteiger charge is 2.18. The van der Waals surface area contributed by atoms with Crippen molar-refractivity contribution < 1.29 is 9.90 Å². The van der Waals surface area contributed by atoms with E-state index in [-0.39, 0.29) is 11.7 Å².